The molecule has 1 heterocycles. The first kappa shape index (κ1) is 8.13. The molecule has 12 heavy (non-hydrogen) atoms. The van der Waals surface area contributed by atoms with Crippen molar-refractivity contribution in [3.8, 4) is 6.07 Å². The lowest BCUT2D eigenvalue weighted by Gasteiger charge is -1.95. The highest BCUT2D eigenvalue weighted by atomic mass is 16.1. The molecular formula is C5H6N6O. The van der Waals surface area contributed by atoms with E-state index in [1.165, 1.54) is 0 Å². The molecule has 7 heteroatoms. The van der Waals surface area contributed by atoms with Crippen molar-refractivity contribution in [1.29, 1.82) is 5.26 Å². The van der Waals surface area contributed by atoms with Gasteiger partial charge in [0.15, 0.2) is 5.82 Å². The van der Waals surface area contributed by atoms with Gasteiger partial charge in [0.2, 0.25) is 5.91 Å². The van der Waals surface area contributed by atoms with E-state index in [0.717, 1.165) is 0 Å². The van der Waals surface area contributed by atoms with Gasteiger partial charge in [-0.15, -0.1) is 10.2 Å². The molecule has 0 bridgehead atoms. The van der Waals surface area contributed by atoms with Gasteiger partial charge in [-0.3, -0.25) is 4.79 Å². The van der Waals surface area contributed by atoms with Crippen LogP contribution in [0, 0.1) is 11.3 Å². The Morgan fingerprint density at radius 3 is 3.17 bits per heavy atom. The van der Waals surface area contributed by atoms with Crippen LogP contribution in [0.25, 0.3) is 0 Å². The third kappa shape index (κ3) is 2.34. The van der Waals surface area contributed by atoms with Crippen LogP contribution >= 0.6 is 0 Å². The summed E-state index contributed by atoms with van der Waals surface area (Å²) >= 11 is 0. The molecule has 0 aromatic carbocycles. The standard InChI is InChI=1S/C5H6N6O/c6-2-1-5(12)7-3-4-8-10-11-9-4/h1,3H2,(H,7,12)(H,8,9,10,11). The number of hydrogen-bond acceptors (Lipinski definition) is 5. The first-order chi connectivity index (χ1) is 5.83. The van der Waals surface area contributed by atoms with Gasteiger partial charge < -0.3 is 5.32 Å². The van der Waals surface area contributed by atoms with E-state index in [0.29, 0.717) is 5.82 Å². The first-order valence-corrected chi connectivity index (χ1v) is 3.19. The Morgan fingerprint density at radius 2 is 2.58 bits per heavy atom. The van der Waals surface area contributed by atoms with Crippen molar-refractivity contribution in [2.75, 3.05) is 0 Å². The number of hydrogen-bond donors (Lipinski definition) is 2. The lowest BCUT2D eigenvalue weighted by atomic mass is 10.4. The van der Waals surface area contributed by atoms with E-state index in [1.54, 1.807) is 6.07 Å². The van der Waals surface area contributed by atoms with Crippen LogP contribution in [0.3, 0.4) is 0 Å². The highest BCUT2D eigenvalue weighted by molar-refractivity contribution is 5.77. The molecular weight excluding hydrogens is 160 g/mol. The Balaban J connectivity index is 2.28. The highest BCUT2D eigenvalue weighted by Gasteiger charge is 2.01. The van der Waals surface area contributed by atoms with Crippen molar-refractivity contribution in [3.05, 3.63) is 5.82 Å². The number of nitrogens with one attached hydrogen (secondary N) is 2. The zero-order chi connectivity index (χ0) is 8.81. The Labute approximate surface area is 67.8 Å². The van der Waals surface area contributed by atoms with E-state index in [4.69, 9.17) is 5.26 Å². The van der Waals surface area contributed by atoms with Crippen LogP contribution in [0.5, 0.6) is 0 Å². The summed E-state index contributed by atoms with van der Waals surface area (Å²) in [6, 6.07) is 1.72. The van der Waals surface area contributed by atoms with Gasteiger partial charge in [-0.2, -0.15) is 10.5 Å². The molecule has 1 aromatic rings. The predicted molar refractivity (Wildman–Crippen MR) is 36.3 cm³/mol. The molecule has 62 valence electrons. The smallest absolute Gasteiger partial charge is 0.234 e. The summed E-state index contributed by atoms with van der Waals surface area (Å²) in [5.41, 5.74) is 0. The Morgan fingerprint density at radius 1 is 1.75 bits per heavy atom. The first-order valence-electron chi connectivity index (χ1n) is 3.19. The zero-order valence-corrected chi connectivity index (χ0v) is 6.11. The van der Waals surface area contributed by atoms with E-state index < -0.39 is 0 Å². The summed E-state index contributed by atoms with van der Waals surface area (Å²) < 4.78 is 0. The fourth-order valence-electron chi connectivity index (χ4n) is 0.569. The Bertz CT molecular complexity index is 285. The average Bonchev–Trinajstić information content (AvgIpc) is 2.53. The number of carbonyl (C=O) groups excluding carboxylic acids is 1. The van der Waals surface area contributed by atoms with Gasteiger partial charge in [0.25, 0.3) is 0 Å². The van der Waals surface area contributed by atoms with E-state index in [1.807, 2.05) is 0 Å². The maximum absolute atomic E-state index is 10.7. The van der Waals surface area contributed by atoms with E-state index >= 15 is 0 Å². The van der Waals surface area contributed by atoms with E-state index in [9.17, 15) is 4.79 Å². The fraction of sp³-hybridized carbons (Fsp3) is 0.400. The van der Waals surface area contributed by atoms with Crippen molar-refractivity contribution >= 4 is 5.91 Å². The molecule has 0 aliphatic carbocycles. The van der Waals surface area contributed by atoms with E-state index in [2.05, 4.69) is 25.9 Å². The number of nitriles is 1. The summed E-state index contributed by atoms with van der Waals surface area (Å²) in [4.78, 5) is 10.7. The molecule has 1 amide bonds. The van der Waals surface area contributed by atoms with Crippen molar-refractivity contribution in [2.24, 2.45) is 0 Å². The Kier molecular flexibility index (Phi) is 2.73. The molecule has 7 nitrogen and oxygen atoms in total. The monoisotopic (exact) mass is 166 g/mol. The summed E-state index contributed by atoms with van der Waals surface area (Å²) in [7, 11) is 0. The van der Waals surface area contributed by atoms with Gasteiger partial charge in [0.1, 0.15) is 6.42 Å². The minimum atomic E-state index is -0.345. The van der Waals surface area contributed by atoms with Gasteiger partial charge >= 0.3 is 0 Å². The maximum atomic E-state index is 10.7. The van der Waals surface area contributed by atoms with Crippen molar-refractivity contribution < 1.29 is 4.79 Å². The molecule has 0 saturated carbocycles. The van der Waals surface area contributed by atoms with Crippen LogP contribution in [-0.2, 0) is 11.3 Å². The van der Waals surface area contributed by atoms with Crippen LogP contribution in [0.4, 0.5) is 0 Å². The van der Waals surface area contributed by atoms with Crippen LogP contribution in [-0.4, -0.2) is 26.5 Å². The fourth-order valence-corrected chi connectivity index (χ4v) is 0.569. The molecule has 0 spiro atoms. The molecule has 1 rings (SSSR count). The molecule has 0 aliphatic rings. The number of aromatic nitrogens is 4. The maximum Gasteiger partial charge on any atom is 0.234 e. The molecule has 0 atom stereocenters. The molecule has 0 radical (unpaired) electrons. The predicted octanol–water partition coefficient (Wildman–Crippen LogP) is -1.27. The number of rotatable bonds is 3. The highest BCUT2D eigenvalue weighted by Crippen LogP contribution is 1.82. The second-order valence-corrected chi connectivity index (χ2v) is 1.94. The summed E-state index contributed by atoms with van der Waals surface area (Å²) in [6.45, 7) is 0.191. The lowest BCUT2D eigenvalue weighted by Crippen LogP contribution is -2.22. The quantitative estimate of drug-likeness (QED) is 0.582. The zero-order valence-electron chi connectivity index (χ0n) is 6.11. The third-order valence-corrected chi connectivity index (χ3v) is 1.07. The van der Waals surface area contributed by atoms with Crippen molar-refractivity contribution in [2.45, 2.75) is 13.0 Å². The van der Waals surface area contributed by atoms with Gasteiger partial charge in [-0.25, -0.2) is 0 Å². The average molecular weight is 166 g/mol. The van der Waals surface area contributed by atoms with Crippen LogP contribution in [0.1, 0.15) is 12.2 Å². The number of tetrazole rings is 1. The molecule has 0 unspecified atom stereocenters. The normalized spacial score (nSPS) is 8.92. The topological polar surface area (TPSA) is 107 Å². The number of H-pyrrole nitrogens is 1. The lowest BCUT2D eigenvalue weighted by molar-refractivity contribution is -0.120. The molecule has 1 aromatic heterocycles. The van der Waals surface area contributed by atoms with Gasteiger partial charge in [0, 0.05) is 0 Å². The summed E-state index contributed by atoms with van der Waals surface area (Å²) in [5, 5.41) is 23.3. The van der Waals surface area contributed by atoms with Crippen molar-refractivity contribution in [3.63, 3.8) is 0 Å². The molecule has 0 fully saturated rings. The second kappa shape index (κ2) is 4.02. The minimum absolute atomic E-state index is 0.155. The van der Waals surface area contributed by atoms with Crippen LogP contribution in [0.2, 0.25) is 0 Å². The number of carbonyl (C=O) groups is 1. The third-order valence-electron chi connectivity index (χ3n) is 1.07. The van der Waals surface area contributed by atoms with Gasteiger partial charge in [0.05, 0.1) is 12.6 Å². The molecule has 2 N–H and O–H groups in total. The Hall–Kier alpha value is -1.97. The molecule has 0 saturated heterocycles. The number of nitrogens with zero attached hydrogens (tertiary/aromatic N) is 4. The van der Waals surface area contributed by atoms with Gasteiger partial charge in [-0.05, 0) is 0 Å². The summed E-state index contributed by atoms with van der Waals surface area (Å²) in [5.74, 6) is 0.0450. The number of aromatic amines is 1. The van der Waals surface area contributed by atoms with E-state index in [-0.39, 0.29) is 18.9 Å². The van der Waals surface area contributed by atoms with Gasteiger partial charge in [-0.1, -0.05) is 5.21 Å². The SMILES string of the molecule is N#CCC(=O)NCc1nn[nH]n1. The number of amides is 1. The van der Waals surface area contributed by atoms with Crippen LogP contribution < -0.4 is 5.32 Å². The minimum Gasteiger partial charge on any atom is -0.348 e. The van der Waals surface area contributed by atoms with Crippen LogP contribution in [0.15, 0.2) is 0 Å². The molecule has 0 aliphatic heterocycles. The second-order valence-electron chi connectivity index (χ2n) is 1.94. The summed E-state index contributed by atoms with van der Waals surface area (Å²) in [6.07, 6.45) is -0.155. The largest absolute Gasteiger partial charge is 0.348 e. The van der Waals surface area contributed by atoms with Crippen molar-refractivity contribution in [1.82, 2.24) is 25.9 Å².